The van der Waals surface area contributed by atoms with E-state index >= 15 is 0 Å². The van der Waals surface area contributed by atoms with Gasteiger partial charge in [0.25, 0.3) is 0 Å². The van der Waals surface area contributed by atoms with Crippen molar-refractivity contribution in [3.8, 4) is 27.9 Å². The van der Waals surface area contributed by atoms with Gasteiger partial charge in [-0.15, -0.1) is 11.8 Å². The summed E-state index contributed by atoms with van der Waals surface area (Å²) in [7, 11) is 0. The molecule has 2 nitrogen and oxygen atoms in total. The second kappa shape index (κ2) is 13.8. The smallest absolute Gasteiger partial charge is 0.0541 e. The molecule has 9 rings (SSSR count). The van der Waals surface area contributed by atoms with E-state index in [1.54, 1.807) is 0 Å². The summed E-state index contributed by atoms with van der Waals surface area (Å²) in [6, 6.07) is 61.2. The average molecular weight is 685 g/mol. The largest absolute Gasteiger partial charge is 0.311 e. The number of para-hydroxylation sites is 3. The summed E-state index contributed by atoms with van der Waals surface area (Å²) in [5.41, 5.74) is 14.0. The molecule has 1 aliphatic rings. The van der Waals surface area contributed by atoms with E-state index < -0.39 is 0 Å². The molecular formula is C49H36N2S. The Labute approximate surface area is 309 Å². The summed E-state index contributed by atoms with van der Waals surface area (Å²) in [6.45, 7) is 4.36. The van der Waals surface area contributed by atoms with E-state index in [-0.39, 0.29) is 0 Å². The van der Waals surface area contributed by atoms with Gasteiger partial charge in [-0.25, -0.2) is 0 Å². The van der Waals surface area contributed by atoms with Crippen LogP contribution in [-0.4, -0.2) is 10.3 Å². The minimum Gasteiger partial charge on any atom is -0.311 e. The van der Waals surface area contributed by atoms with Gasteiger partial charge >= 0.3 is 0 Å². The first kappa shape index (κ1) is 31.7. The van der Waals surface area contributed by atoms with Crippen molar-refractivity contribution >= 4 is 56.2 Å². The van der Waals surface area contributed by atoms with Crippen LogP contribution in [0.1, 0.15) is 5.56 Å². The van der Waals surface area contributed by atoms with Crippen molar-refractivity contribution < 1.29 is 0 Å². The third kappa shape index (κ3) is 5.85. The Morgan fingerprint density at radius 2 is 1.02 bits per heavy atom. The van der Waals surface area contributed by atoms with E-state index in [9.17, 15) is 0 Å². The highest BCUT2D eigenvalue weighted by molar-refractivity contribution is 7.99. The van der Waals surface area contributed by atoms with Gasteiger partial charge in [0.2, 0.25) is 0 Å². The van der Waals surface area contributed by atoms with Crippen LogP contribution in [0.15, 0.2) is 206 Å². The van der Waals surface area contributed by atoms with E-state index in [1.807, 2.05) is 11.8 Å². The molecule has 0 saturated heterocycles. The van der Waals surface area contributed by atoms with Crippen LogP contribution in [0.25, 0.3) is 55.3 Å². The topological polar surface area (TPSA) is 8.17 Å². The molecule has 0 N–H and O–H groups in total. The molecule has 1 aliphatic heterocycles. The number of benzene rings is 7. The van der Waals surface area contributed by atoms with Gasteiger partial charge in [0.15, 0.2) is 0 Å². The molecule has 7 aromatic carbocycles. The number of fused-ring (bicyclic) bond motifs is 4. The zero-order valence-corrected chi connectivity index (χ0v) is 29.5. The Bertz CT molecular complexity index is 2560. The summed E-state index contributed by atoms with van der Waals surface area (Å²) in [6.07, 6.45) is 8.48. The van der Waals surface area contributed by atoms with E-state index in [1.165, 1.54) is 54.5 Å². The number of hydrogen-bond acceptors (Lipinski definition) is 2. The fourth-order valence-electron chi connectivity index (χ4n) is 7.32. The van der Waals surface area contributed by atoms with Crippen molar-refractivity contribution in [2.24, 2.45) is 0 Å². The summed E-state index contributed by atoms with van der Waals surface area (Å²) < 4.78 is 2.36. The van der Waals surface area contributed by atoms with Crippen LogP contribution in [0.3, 0.4) is 0 Å². The first-order chi connectivity index (χ1) is 25.7. The number of anilines is 3. The number of rotatable bonds is 6. The summed E-state index contributed by atoms with van der Waals surface area (Å²) >= 11 is 1.87. The molecule has 248 valence electrons. The third-order valence-corrected chi connectivity index (χ3v) is 10.9. The molecule has 8 aromatic rings. The van der Waals surface area contributed by atoms with Crippen LogP contribution in [0.5, 0.6) is 0 Å². The fraction of sp³-hybridized carbons (Fsp3) is 0.0204. The lowest BCUT2D eigenvalue weighted by Crippen LogP contribution is -2.09. The number of allylic oxidation sites excluding steroid dienone is 4. The average Bonchev–Trinajstić information content (AvgIpc) is 3.58. The van der Waals surface area contributed by atoms with Crippen molar-refractivity contribution in [2.45, 2.75) is 4.90 Å². The maximum Gasteiger partial charge on any atom is 0.0541 e. The number of hydrogen-bond donors (Lipinski definition) is 0. The molecule has 52 heavy (non-hydrogen) atoms. The maximum atomic E-state index is 4.36. The molecule has 0 amide bonds. The van der Waals surface area contributed by atoms with Crippen LogP contribution < -0.4 is 4.90 Å². The monoisotopic (exact) mass is 684 g/mol. The van der Waals surface area contributed by atoms with Crippen LogP contribution >= 0.6 is 11.8 Å². The molecule has 0 unspecified atom stereocenters. The van der Waals surface area contributed by atoms with Gasteiger partial charge < -0.3 is 9.47 Å². The van der Waals surface area contributed by atoms with Gasteiger partial charge in [-0.3, -0.25) is 0 Å². The Kier molecular flexibility index (Phi) is 8.40. The molecule has 0 atom stereocenters. The first-order valence-electron chi connectivity index (χ1n) is 17.7. The molecule has 0 radical (unpaired) electrons. The highest BCUT2D eigenvalue weighted by Crippen LogP contribution is 2.41. The van der Waals surface area contributed by atoms with E-state index in [0.717, 1.165) is 34.1 Å². The van der Waals surface area contributed by atoms with Crippen molar-refractivity contribution in [1.29, 1.82) is 0 Å². The van der Waals surface area contributed by atoms with Gasteiger partial charge in [0.1, 0.15) is 0 Å². The predicted molar refractivity (Wildman–Crippen MR) is 224 cm³/mol. The van der Waals surface area contributed by atoms with Crippen LogP contribution in [-0.2, 0) is 0 Å². The molecule has 1 aromatic heterocycles. The lowest BCUT2D eigenvalue weighted by molar-refractivity contribution is 1.18. The highest BCUT2D eigenvalue weighted by atomic mass is 32.2. The van der Waals surface area contributed by atoms with E-state index in [4.69, 9.17) is 0 Å². The Balaban J connectivity index is 1.03. The molecule has 2 heterocycles. The van der Waals surface area contributed by atoms with Crippen LogP contribution in [0, 0.1) is 0 Å². The zero-order valence-electron chi connectivity index (χ0n) is 28.7. The SMILES string of the molecule is C=C1/C=C\C=C/CSc2c1cccc2-c1ccc(N(c2ccccc2)c2ccc(-c3ccc(-n4c5ccccc5c5ccccc54)cc3)cc2)cc1. The minimum absolute atomic E-state index is 0.920. The summed E-state index contributed by atoms with van der Waals surface area (Å²) in [5, 5.41) is 2.55. The standard InChI is InChI=1S/C49H36N2S/c1-35-13-4-3-11-34-52-49-43(35)18-12-19-44(49)38-26-32-41(33-27-38)50(39-14-5-2-6-15-39)40-28-22-36(23-29-40)37-24-30-42(31-25-37)51-47-20-9-7-16-45(47)46-17-8-10-21-48(46)51/h2-33H,1,34H2/b11-3-,13-4-. The summed E-state index contributed by atoms with van der Waals surface area (Å²) in [4.78, 5) is 3.60. The van der Waals surface area contributed by atoms with Crippen molar-refractivity contribution in [3.63, 3.8) is 0 Å². The predicted octanol–water partition coefficient (Wildman–Crippen LogP) is 13.8. The second-order valence-corrected chi connectivity index (χ2v) is 14.0. The fourth-order valence-corrected chi connectivity index (χ4v) is 8.39. The van der Waals surface area contributed by atoms with Gasteiger partial charge in [0, 0.05) is 44.2 Å². The maximum absolute atomic E-state index is 4.36. The Morgan fingerprint density at radius 1 is 0.481 bits per heavy atom. The lowest BCUT2D eigenvalue weighted by Gasteiger charge is -2.26. The molecule has 0 spiro atoms. The molecule has 3 heteroatoms. The number of nitrogens with zero attached hydrogens (tertiary/aromatic N) is 2. The quantitative estimate of drug-likeness (QED) is 0.172. The third-order valence-electron chi connectivity index (χ3n) is 9.84. The minimum atomic E-state index is 0.920. The van der Waals surface area contributed by atoms with Crippen molar-refractivity contribution in [3.05, 3.63) is 206 Å². The van der Waals surface area contributed by atoms with Gasteiger partial charge in [-0.2, -0.15) is 0 Å². The van der Waals surface area contributed by atoms with Gasteiger partial charge in [0.05, 0.1) is 11.0 Å². The van der Waals surface area contributed by atoms with E-state index in [2.05, 4.69) is 210 Å². The molecule has 0 aliphatic carbocycles. The molecular weight excluding hydrogens is 649 g/mol. The van der Waals surface area contributed by atoms with Gasteiger partial charge in [-0.1, -0.05) is 140 Å². The lowest BCUT2D eigenvalue weighted by atomic mass is 9.98. The number of aromatic nitrogens is 1. The van der Waals surface area contributed by atoms with Crippen LogP contribution in [0.4, 0.5) is 17.1 Å². The van der Waals surface area contributed by atoms with Gasteiger partial charge in [-0.05, 0) is 94.1 Å². The molecule has 0 fully saturated rings. The Morgan fingerprint density at radius 3 is 1.67 bits per heavy atom. The van der Waals surface area contributed by atoms with Crippen LogP contribution in [0.2, 0.25) is 0 Å². The van der Waals surface area contributed by atoms with E-state index in [0.29, 0.717) is 0 Å². The normalized spacial score (nSPS) is 14.0. The second-order valence-electron chi connectivity index (χ2n) is 13.0. The van der Waals surface area contributed by atoms with Crippen molar-refractivity contribution in [2.75, 3.05) is 10.7 Å². The summed E-state index contributed by atoms with van der Waals surface area (Å²) in [5.74, 6) is 0.920. The zero-order chi connectivity index (χ0) is 34.9. The Hall–Kier alpha value is -6.29. The van der Waals surface area contributed by atoms with Crippen molar-refractivity contribution in [1.82, 2.24) is 4.57 Å². The first-order valence-corrected chi connectivity index (χ1v) is 18.6. The highest BCUT2D eigenvalue weighted by Gasteiger charge is 2.16. The molecule has 0 saturated carbocycles. The molecule has 0 bridgehead atoms. The number of thioether (sulfide) groups is 1.